The number of anilines is 1. The lowest BCUT2D eigenvalue weighted by atomic mass is 10.2. The van der Waals surface area contributed by atoms with Gasteiger partial charge in [0.1, 0.15) is 5.75 Å². The number of hydrogen-bond acceptors (Lipinski definition) is 7. The number of methoxy groups -OCH3 is 1. The van der Waals surface area contributed by atoms with Crippen molar-refractivity contribution in [2.24, 2.45) is 0 Å². The summed E-state index contributed by atoms with van der Waals surface area (Å²) in [5.41, 5.74) is 2.41. The molecule has 0 atom stereocenters. The number of hydrogen-bond donors (Lipinski definition) is 1. The van der Waals surface area contributed by atoms with Crippen LogP contribution in [0.15, 0.2) is 65.7 Å². The molecule has 4 aromatic rings. The minimum atomic E-state index is -0.197. The fraction of sp³-hybridized carbons (Fsp3) is 0.130. The van der Waals surface area contributed by atoms with Crippen LogP contribution in [0.2, 0.25) is 10.0 Å². The Kier molecular flexibility index (Phi) is 7.89. The van der Waals surface area contributed by atoms with Crippen molar-refractivity contribution in [1.82, 2.24) is 19.7 Å². The number of aromatic nitrogens is 4. The number of benzene rings is 2. The van der Waals surface area contributed by atoms with Gasteiger partial charge in [0.15, 0.2) is 16.1 Å². The van der Waals surface area contributed by atoms with E-state index in [1.165, 1.54) is 23.1 Å². The van der Waals surface area contributed by atoms with Crippen molar-refractivity contribution >= 4 is 57.3 Å². The minimum Gasteiger partial charge on any atom is -0.496 e. The fourth-order valence-electron chi connectivity index (χ4n) is 3.11. The number of nitrogens with one attached hydrogen (secondary N) is 1. The van der Waals surface area contributed by atoms with Crippen molar-refractivity contribution in [2.45, 2.75) is 11.7 Å². The number of thiazole rings is 1. The van der Waals surface area contributed by atoms with Crippen LogP contribution in [0.3, 0.4) is 0 Å². The number of ether oxygens (including phenoxy) is 1. The smallest absolute Gasteiger partial charge is 0.236 e. The van der Waals surface area contributed by atoms with Gasteiger partial charge < -0.3 is 10.1 Å². The van der Waals surface area contributed by atoms with Gasteiger partial charge >= 0.3 is 0 Å². The highest BCUT2D eigenvalue weighted by Gasteiger charge is 2.19. The van der Waals surface area contributed by atoms with E-state index >= 15 is 0 Å². The molecule has 0 aliphatic carbocycles. The number of thioether (sulfide) groups is 1. The quantitative estimate of drug-likeness (QED) is 0.201. The Bertz CT molecular complexity index is 1320. The number of carbonyl (C=O) groups excluding carboxylic acids is 1. The summed E-state index contributed by atoms with van der Waals surface area (Å²) < 4.78 is 7.31. The lowest BCUT2D eigenvalue weighted by molar-refractivity contribution is -0.113. The maximum Gasteiger partial charge on any atom is 0.236 e. The number of halogens is 2. The molecule has 0 fully saturated rings. The monoisotopic (exact) mass is 531 g/mol. The summed E-state index contributed by atoms with van der Waals surface area (Å²) in [5.74, 6) is 1.14. The molecule has 0 bridgehead atoms. The molecule has 1 N–H and O–H groups in total. The lowest BCUT2D eigenvalue weighted by Gasteiger charge is -2.11. The van der Waals surface area contributed by atoms with Crippen molar-refractivity contribution in [2.75, 3.05) is 18.2 Å². The molecule has 7 nitrogen and oxygen atoms in total. The maximum atomic E-state index is 12.6. The predicted octanol–water partition coefficient (Wildman–Crippen LogP) is 6.30. The summed E-state index contributed by atoms with van der Waals surface area (Å²) in [6.45, 7) is 4.28. The van der Waals surface area contributed by atoms with Gasteiger partial charge in [-0.1, -0.05) is 53.2 Å². The third kappa shape index (κ3) is 5.61. The Labute approximate surface area is 214 Å². The number of amides is 1. The Morgan fingerprint density at radius 1 is 1.21 bits per heavy atom. The van der Waals surface area contributed by atoms with E-state index in [0.717, 1.165) is 11.3 Å². The van der Waals surface area contributed by atoms with Crippen molar-refractivity contribution in [3.8, 4) is 28.4 Å². The zero-order valence-electron chi connectivity index (χ0n) is 18.0. The molecule has 0 saturated heterocycles. The summed E-state index contributed by atoms with van der Waals surface area (Å²) in [7, 11) is 1.58. The Morgan fingerprint density at radius 2 is 1.97 bits per heavy atom. The summed E-state index contributed by atoms with van der Waals surface area (Å²) in [6.07, 6.45) is 1.74. The van der Waals surface area contributed by atoms with Crippen LogP contribution in [-0.4, -0.2) is 38.5 Å². The van der Waals surface area contributed by atoms with Gasteiger partial charge in [0.2, 0.25) is 5.91 Å². The molecule has 1 amide bonds. The van der Waals surface area contributed by atoms with E-state index in [0.29, 0.717) is 44.0 Å². The highest BCUT2D eigenvalue weighted by molar-refractivity contribution is 7.99. The maximum absolute atomic E-state index is 12.6. The van der Waals surface area contributed by atoms with Gasteiger partial charge in [-0.05, 0) is 30.3 Å². The summed E-state index contributed by atoms with van der Waals surface area (Å²) in [6, 6.07) is 12.7. The molecule has 11 heteroatoms. The third-order valence-electron chi connectivity index (χ3n) is 4.65. The van der Waals surface area contributed by atoms with Crippen LogP contribution in [0.1, 0.15) is 0 Å². The first-order chi connectivity index (χ1) is 16.5. The van der Waals surface area contributed by atoms with Gasteiger partial charge in [-0.3, -0.25) is 9.36 Å². The second kappa shape index (κ2) is 11.1. The number of rotatable bonds is 9. The predicted molar refractivity (Wildman–Crippen MR) is 139 cm³/mol. The van der Waals surface area contributed by atoms with E-state index in [4.69, 9.17) is 27.9 Å². The summed E-state index contributed by atoms with van der Waals surface area (Å²) in [4.78, 5) is 17.1. The zero-order chi connectivity index (χ0) is 24.1. The van der Waals surface area contributed by atoms with Crippen molar-refractivity contribution < 1.29 is 9.53 Å². The SMILES string of the molecule is C=CCn1c(SCC(=O)Nc2nc(-c3ccc(Cl)cc3)cs2)nnc1-c1cc(Cl)ccc1OC. The highest BCUT2D eigenvalue weighted by atomic mass is 35.5. The first-order valence-corrected chi connectivity index (χ1v) is 12.6. The average molecular weight is 532 g/mol. The summed E-state index contributed by atoms with van der Waals surface area (Å²) >= 11 is 14.8. The molecule has 0 unspecified atom stereocenters. The first-order valence-electron chi connectivity index (χ1n) is 10.0. The molecule has 0 radical (unpaired) electrons. The third-order valence-corrected chi connectivity index (χ3v) is 6.87. The standard InChI is InChI=1S/C23H19Cl2N5O2S2/c1-3-10-30-21(17-11-16(25)8-9-19(17)32-2)28-29-23(30)34-13-20(31)27-22-26-18(12-33-22)14-4-6-15(24)7-5-14/h3-9,11-12H,1,10,13H2,2H3,(H,26,27,31). The molecule has 4 rings (SSSR count). The van der Waals surface area contributed by atoms with Crippen molar-refractivity contribution in [3.63, 3.8) is 0 Å². The number of allylic oxidation sites excluding steroid dienone is 1. The second-order valence-electron chi connectivity index (χ2n) is 6.93. The highest BCUT2D eigenvalue weighted by Crippen LogP contribution is 2.33. The summed E-state index contributed by atoms with van der Waals surface area (Å²) in [5, 5.41) is 15.6. The molecule has 0 aliphatic heterocycles. The fourth-order valence-corrected chi connectivity index (χ4v) is 4.89. The molecule has 0 saturated carbocycles. The van der Waals surface area contributed by atoms with E-state index in [9.17, 15) is 4.79 Å². The van der Waals surface area contributed by atoms with Crippen molar-refractivity contribution in [3.05, 3.63) is 70.5 Å². The van der Waals surface area contributed by atoms with Gasteiger partial charge in [-0.15, -0.1) is 28.1 Å². The Morgan fingerprint density at radius 3 is 2.71 bits per heavy atom. The van der Waals surface area contributed by atoms with Crippen molar-refractivity contribution in [1.29, 1.82) is 0 Å². The molecule has 2 aromatic heterocycles. The van der Waals surface area contributed by atoms with E-state index in [1.807, 2.05) is 22.1 Å². The molecular weight excluding hydrogens is 513 g/mol. The molecule has 2 aromatic carbocycles. The zero-order valence-corrected chi connectivity index (χ0v) is 21.1. The molecule has 0 spiro atoms. The largest absolute Gasteiger partial charge is 0.496 e. The van der Waals surface area contributed by atoms with E-state index in [2.05, 4.69) is 27.1 Å². The molecule has 0 aliphatic rings. The Balaban J connectivity index is 1.46. The van der Waals surface area contributed by atoms with Crippen LogP contribution in [0.5, 0.6) is 5.75 Å². The van der Waals surface area contributed by atoms with Crippen LogP contribution < -0.4 is 10.1 Å². The molecule has 34 heavy (non-hydrogen) atoms. The van der Waals surface area contributed by atoms with Gasteiger partial charge in [-0.25, -0.2) is 4.98 Å². The van der Waals surface area contributed by atoms with Crippen LogP contribution in [0.25, 0.3) is 22.6 Å². The van der Waals surface area contributed by atoms with E-state index in [-0.39, 0.29) is 11.7 Å². The van der Waals surface area contributed by atoms with Crippen LogP contribution in [0.4, 0.5) is 5.13 Å². The molecule has 2 heterocycles. The topological polar surface area (TPSA) is 81.9 Å². The van der Waals surface area contributed by atoms with E-state index < -0.39 is 0 Å². The van der Waals surface area contributed by atoms with Crippen LogP contribution >= 0.6 is 46.3 Å². The lowest BCUT2D eigenvalue weighted by Crippen LogP contribution is -2.14. The molecular formula is C23H19Cl2N5O2S2. The van der Waals surface area contributed by atoms with Crippen LogP contribution in [0, 0.1) is 0 Å². The minimum absolute atomic E-state index is 0.137. The Hall–Kier alpha value is -2.85. The van der Waals surface area contributed by atoms with Gasteiger partial charge in [0.25, 0.3) is 0 Å². The number of nitrogens with zero attached hydrogens (tertiary/aromatic N) is 4. The second-order valence-corrected chi connectivity index (χ2v) is 9.61. The number of carbonyl (C=O) groups is 1. The molecule has 174 valence electrons. The van der Waals surface area contributed by atoms with Gasteiger partial charge in [0, 0.05) is 27.5 Å². The van der Waals surface area contributed by atoms with Gasteiger partial charge in [-0.2, -0.15) is 0 Å². The van der Waals surface area contributed by atoms with Gasteiger partial charge in [0.05, 0.1) is 24.1 Å². The normalized spacial score (nSPS) is 10.8. The first kappa shape index (κ1) is 24.3. The van der Waals surface area contributed by atoms with Crippen LogP contribution in [-0.2, 0) is 11.3 Å². The average Bonchev–Trinajstić information content (AvgIpc) is 3.45. The van der Waals surface area contributed by atoms with E-state index in [1.54, 1.807) is 43.5 Å².